The van der Waals surface area contributed by atoms with Gasteiger partial charge in [-0.25, -0.2) is 4.79 Å². The van der Waals surface area contributed by atoms with Gasteiger partial charge in [-0.15, -0.1) is 0 Å². The van der Waals surface area contributed by atoms with Crippen LogP contribution < -0.4 is 5.73 Å². The molecule has 8 nitrogen and oxygen atoms in total. The Morgan fingerprint density at radius 2 is 1.69 bits per heavy atom. The normalized spacial score (nSPS) is 43.0. The third-order valence-electron chi connectivity index (χ3n) is 23.2. The van der Waals surface area contributed by atoms with Crippen molar-refractivity contribution in [1.82, 2.24) is 9.80 Å². The Balaban J connectivity index is 0.996. The summed E-state index contributed by atoms with van der Waals surface area (Å²) in [5, 5.41) is 13.7. The number of ether oxygens (including phenoxy) is 2. The number of fused-ring (bicyclic) bond motifs is 7. The first kappa shape index (κ1) is 44.4. The second-order valence-corrected chi connectivity index (χ2v) is 26.1. The Morgan fingerprint density at radius 1 is 0.859 bits per heavy atom. The van der Waals surface area contributed by atoms with Crippen LogP contribution in [0, 0.1) is 63.6 Å². The van der Waals surface area contributed by atoms with Crippen LogP contribution in [0.25, 0.3) is 0 Å². The minimum absolute atomic E-state index is 0.129. The van der Waals surface area contributed by atoms with Crippen LogP contribution in [0.1, 0.15) is 162 Å². The third kappa shape index (κ3) is 5.76. The lowest BCUT2D eigenvalue weighted by atomic mass is 9.28. The molecule has 3 saturated carbocycles. The molecule has 18 rings (SSSR count). The van der Waals surface area contributed by atoms with E-state index >= 15 is 9.59 Å². The lowest BCUT2D eigenvalue weighted by Gasteiger charge is -2.72. The molecule has 3 saturated heterocycles. The fourth-order valence-corrected chi connectivity index (χ4v) is 21.0. The molecule has 3 N–H and O–H groups in total. The number of aliphatic hydroxyl groups is 1. The smallest absolute Gasteiger partial charge is 0.339 e. The van der Waals surface area contributed by atoms with Gasteiger partial charge in [0.1, 0.15) is 11.2 Å². The maximum absolute atomic E-state index is 16.4. The van der Waals surface area contributed by atoms with Crippen LogP contribution in [0.3, 0.4) is 0 Å². The molecule has 0 amide bonds. The van der Waals surface area contributed by atoms with Crippen molar-refractivity contribution in [1.29, 1.82) is 0 Å². The van der Waals surface area contributed by atoms with Crippen molar-refractivity contribution in [2.24, 2.45) is 69.3 Å². The average molecular weight is 956 g/mol. The van der Waals surface area contributed by atoms with E-state index < -0.39 is 16.4 Å². The van der Waals surface area contributed by atoms with Crippen molar-refractivity contribution >= 4 is 11.9 Å². The molecule has 14 atom stereocenters. The number of benzene rings is 2. The van der Waals surface area contributed by atoms with Gasteiger partial charge in [0, 0.05) is 55.2 Å². The molecule has 2 aromatic carbocycles. The fraction of sp³-hybridized carbons (Fsp3) is 0.651. The molecule has 6 fully saturated rings. The number of carbonyl (C=O) groups excluding carboxylic acids is 2. The van der Waals surface area contributed by atoms with E-state index in [1.807, 2.05) is 0 Å². The van der Waals surface area contributed by atoms with Gasteiger partial charge in [-0.3, -0.25) is 9.69 Å². The molecule has 4 spiro atoms. The first-order valence-corrected chi connectivity index (χ1v) is 29.1. The first-order valence-electron chi connectivity index (χ1n) is 29.1. The molecular formula is C63H77N3O5. The molecule has 7 aliphatic carbocycles. The summed E-state index contributed by atoms with van der Waals surface area (Å²) in [6.45, 7) is 6.26. The second-order valence-electron chi connectivity index (χ2n) is 26.1. The number of nitrogens with two attached hydrogens (primary N) is 1. The molecule has 9 aliphatic heterocycles. The molecule has 9 heterocycles. The van der Waals surface area contributed by atoms with Gasteiger partial charge >= 0.3 is 11.9 Å². The average Bonchev–Trinajstić information content (AvgIpc) is 4.05. The number of aryl methyl sites for hydroxylation is 2. The summed E-state index contributed by atoms with van der Waals surface area (Å²) < 4.78 is 14.5. The van der Waals surface area contributed by atoms with Crippen LogP contribution >= 0.6 is 0 Å². The highest BCUT2D eigenvalue weighted by atomic mass is 16.6. The quantitative estimate of drug-likeness (QED) is 0.226. The number of hydrogen-bond donors (Lipinski definition) is 2. The minimum atomic E-state index is -1.15. The summed E-state index contributed by atoms with van der Waals surface area (Å²) in [5.74, 6) is 3.11. The molecular weight excluding hydrogens is 879 g/mol. The van der Waals surface area contributed by atoms with E-state index in [0.29, 0.717) is 84.1 Å². The minimum Gasteiger partial charge on any atom is -0.509 e. The molecule has 16 aliphatic rings. The maximum atomic E-state index is 16.4. The topological polar surface area (TPSA) is 105 Å². The van der Waals surface area contributed by atoms with Gasteiger partial charge in [-0.05, 0) is 172 Å². The number of esters is 2. The monoisotopic (exact) mass is 956 g/mol. The van der Waals surface area contributed by atoms with Crippen molar-refractivity contribution in [2.45, 2.75) is 166 Å². The van der Waals surface area contributed by atoms with E-state index in [2.05, 4.69) is 71.3 Å². The zero-order valence-corrected chi connectivity index (χ0v) is 42.4. The van der Waals surface area contributed by atoms with Crippen molar-refractivity contribution < 1.29 is 24.2 Å². The summed E-state index contributed by atoms with van der Waals surface area (Å²) in [4.78, 5) is 37.4. The Labute approximate surface area is 421 Å². The Hall–Kier alpha value is -4.14. The summed E-state index contributed by atoms with van der Waals surface area (Å²) >= 11 is 0. The molecule has 15 bridgehead atoms. The Kier molecular flexibility index (Phi) is 9.95. The highest BCUT2D eigenvalue weighted by Crippen LogP contribution is 2.87. The van der Waals surface area contributed by atoms with E-state index in [-0.39, 0.29) is 35.6 Å². The van der Waals surface area contributed by atoms with Crippen molar-refractivity contribution in [2.75, 3.05) is 26.2 Å². The third-order valence-corrected chi connectivity index (χ3v) is 23.2. The standard InChI is InChI=1S/C63H77N3O5/c1-37-27-42-19-20-50-44-30-40-34-65(36-44)46(32-45-16-4-5-22-60(45)23-6-7-24-60)33-51(67)57-61-25-21-47-49-31-43(53(37)55(47)56(42)66(50)35-40)29-39-13-8-12-38(28-39)11-2-3-18-52(62(49,61)59(69)70-57)63(61)48-17-9-14-41(15-10-26-64)54(48)58(68)71-63/h8-9,12-14,17,19-20,28,37,40,43-46,50,52-53,55,67H,2-7,10-11,15-16,18,21-27,29-36,64H2,1H3/b57-51+/t37-,40-,43+,44+,45+,46-,50+,52+,53-,55-,61-,62+,63-/m1/s1. The van der Waals surface area contributed by atoms with Crippen molar-refractivity contribution in [3.05, 3.63) is 116 Å². The van der Waals surface area contributed by atoms with Crippen LogP contribution in [-0.2, 0) is 39.1 Å². The van der Waals surface area contributed by atoms with Gasteiger partial charge in [-0.1, -0.05) is 105 Å². The number of allylic oxidation sites excluding steroid dienone is 3. The van der Waals surface area contributed by atoms with E-state index in [1.165, 1.54) is 85.6 Å². The number of hydrogen-bond acceptors (Lipinski definition) is 8. The van der Waals surface area contributed by atoms with Gasteiger partial charge in [0.05, 0.1) is 17.0 Å². The number of nitrogens with zero attached hydrogens (tertiary/aromatic N) is 2. The van der Waals surface area contributed by atoms with Gasteiger partial charge < -0.3 is 25.2 Å². The van der Waals surface area contributed by atoms with E-state index in [0.717, 1.165) is 95.0 Å². The Bertz CT molecular complexity index is 2740. The van der Waals surface area contributed by atoms with Gasteiger partial charge in [-0.2, -0.15) is 0 Å². The lowest BCUT2D eigenvalue weighted by molar-refractivity contribution is -0.279. The predicted octanol–water partition coefficient (Wildman–Crippen LogP) is 11.6. The van der Waals surface area contributed by atoms with E-state index in [4.69, 9.17) is 15.2 Å². The summed E-state index contributed by atoms with van der Waals surface area (Å²) in [6.07, 6.45) is 28.1. The van der Waals surface area contributed by atoms with Crippen molar-refractivity contribution in [3.63, 3.8) is 0 Å². The fourth-order valence-electron chi connectivity index (χ4n) is 21.0. The molecule has 1 unspecified atom stereocenters. The molecule has 0 radical (unpaired) electrons. The number of rotatable bonds is 5. The number of piperidine rings is 2. The van der Waals surface area contributed by atoms with Gasteiger partial charge in [0.25, 0.3) is 0 Å². The highest BCUT2D eigenvalue weighted by Gasteiger charge is 2.93. The molecule has 0 aromatic heterocycles. The van der Waals surface area contributed by atoms with Crippen molar-refractivity contribution in [3.8, 4) is 0 Å². The van der Waals surface area contributed by atoms with Crippen LogP contribution in [-0.4, -0.2) is 65.1 Å². The first-order chi connectivity index (χ1) is 34.7. The number of aliphatic hydroxyl groups excluding tert-OH is 1. The van der Waals surface area contributed by atoms with Gasteiger partial charge in [0.15, 0.2) is 11.4 Å². The van der Waals surface area contributed by atoms with Crippen LogP contribution in [0.15, 0.2) is 88.6 Å². The number of carbonyl (C=O) groups is 2. The predicted molar refractivity (Wildman–Crippen MR) is 274 cm³/mol. The van der Waals surface area contributed by atoms with Gasteiger partial charge in [0.2, 0.25) is 0 Å². The van der Waals surface area contributed by atoms with Crippen LogP contribution in [0.5, 0.6) is 0 Å². The van der Waals surface area contributed by atoms with E-state index in [9.17, 15) is 5.11 Å². The Morgan fingerprint density at radius 3 is 2.56 bits per heavy atom. The summed E-state index contributed by atoms with van der Waals surface area (Å²) in [5.41, 5.74) is 14.6. The second kappa shape index (κ2) is 15.9. The molecule has 71 heavy (non-hydrogen) atoms. The summed E-state index contributed by atoms with van der Waals surface area (Å²) in [7, 11) is 0. The molecule has 2 aromatic rings. The SMILES string of the molecule is C[C@@H]1CC2=C3[C@@H]4C5=C6C[C@H](Cc7cccc(c7)CCCC[C@H]7[C@]68C(=O)O/C(=C(/O)C[C@@H](C[C@@H]6CCCCC69CCCC9)N6C[C@H]9C[C@@H](C6)[C@H](C=C2)N3C9)[C@@]8(CC5)[C@]72OC(=O)c3c(CCCN)cccc32)[C@H]41. The summed E-state index contributed by atoms with van der Waals surface area (Å²) in [6, 6.07) is 16.3. The molecule has 8 heteroatoms. The highest BCUT2D eigenvalue weighted by molar-refractivity contribution is 6.00. The maximum Gasteiger partial charge on any atom is 0.339 e. The molecule has 374 valence electrons. The van der Waals surface area contributed by atoms with Crippen LogP contribution in [0.2, 0.25) is 0 Å². The van der Waals surface area contributed by atoms with Crippen LogP contribution in [0.4, 0.5) is 0 Å². The lowest BCUT2D eigenvalue weighted by Crippen LogP contribution is -2.77. The zero-order valence-electron chi connectivity index (χ0n) is 42.4. The van der Waals surface area contributed by atoms with E-state index in [1.54, 1.807) is 5.70 Å². The zero-order chi connectivity index (χ0) is 47.6. The largest absolute Gasteiger partial charge is 0.509 e.